The third-order valence-electron chi connectivity index (χ3n) is 5.96. The number of amides is 2. The van der Waals surface area contributed by atoms with Crippen molar-refractivity contribution in [3.63, 3.8) is 0 Å². The van der Waals surface area contributed by atoms with Crippen LogP contribution in [0.5, 0.6) is 0 Å². The lowest BCUT2D eigenvalue weighted by molar-refractivity contribution is -0.140. The zero-order valence-corrected chi connectivity index (χ0v) is 17.8. The van der Waals surface area contributed by atoms with Crippen molar-refractivity contribution >= 4 is 11.8 Å². The van der Waals surface area contributed by atoms with Crippen LogP contribution in [0.3, 0.4) is 0 Å². The van der Waals surface area contributed by atoms with E-state index in [1.165, 1.54) is 0 Å². The normalized spacial score (nSPS) is 21.7. The Balaban J connectivity index is 1.22. The quantitative estimate of drug-likeness (QED) is 0.716. The number of carbonyl (C=O) groups excluding carboxylic acids is 2. The highest BCUT2D eigenvalue weighted by Gasteiger charge is 2.27. The van der Waals surface area contributed by atoms with E-state index in [1.54, 1.807) is 0 Å². The van der Waals surface area contributed by atoms with Gasteiger partial charge in [-0.15, -0.1) is 0 Å². The highest BCUT2D eigenvalue weighted by atomic mass is 16.5. The second kappa shape index (κ2) is 10.6. The average Bonchev–Trinajstić information content (AvgIpc) is 2.85. The molecule has 0 aliphatic carbocycles. The highest BCUT2D eigenvalue weighted by molar-refractivity contribution is 5.79. The Hall–Kier alpha value is -2.70. The number of carbonyl (C=O) groups is 2. The van der Waals surface area contributed by atoms with E-state index in [4.69, 9.17) is 9.47 Å². The van der Waals surface area contributed by atoms with Crippen molar-refractivity contribution in [3.05, 3.63) is 71.8 Å². The fourth-order valence-corrected chi connectivity index (χ4v) is 4.20. The largest absolute Gasteiger partial charge is 0.370 e. The lowest BCUT2D eigenvalue weighted by Gasteiger charge is -2.34. The zero-order valence-electron chi connectivity index (χ0n) is 17.8. The summed E-state index contributed by atoms with van der Waals surface area (Å²) >= 11 is 0. The van der Waals surface area contributed by atoms with Gasteiger partial charge in [-0.05, 0) is 17.5 Å². The molecule has 0 saturated carbocycles. The van der Waals surface area contributed by atoms with Gasteiger partial charge in [-0.3, -0.25) is 9.59 Å². The van der Waals surface area contributed by atoms with Crippen LogP contribution in [0.15, 0.2) is 60.7 Å². The molecule has 2 aliphatic heterocycles. The maximum atomic E-state index is 12.7. The lowest BCUT2D eigenvalue weighted by atomic mass is 10.1. The standard InChI is InChI=1S/C25H30N2O4/c28-24(26-14-16-30-22(18-26)20-8-3-1-4-9-20)12-7-13-25(29)27-15-17-31-23(19-27)21-10-5-2-6-11-21/h1-6,8-11,22-23H,7,12-19H2. The van der Waals surface area contributed by atoms with Crippen LogP contribution >= 0.6 is 0 Å². The van der Waals surface area contributed by atoms with Crippen LogP contribution in [0.4, 0.5) is 0 Å². The minimum atomic E-state index is -0.0798. The Morgan fingerprint density at radius 3 is 1.55 bits per heavy atom. The molecule has 2 amide bonds. The highest BCUT2D eigenvalue weighted by Crippen LogP contribution is 2.24. The molecule has 0 aromatic heterocycles. The van der Waals surface area contributed by atoms with Gasteiger partial charge in [-0.2, -0.15) is 0 Å². The fourth-order valence-electron chi connectivity index (χ4n) is 4.20. The van der Waals surface area contributed by atoms with Crippen molar-refractivity contribution < 1.29 is 19.1 Å². The van der Waals surface area contributed by atoms with Crippen molar-refractivity contribution in [3.8, 4) is 0 Å². The Kier molecular flexibility index (Phi) is 7.33. The van der Waals surface area contributed by atoms with Gasteiger partial charge in [-0.25, -0.2) is 0 Å². The van der Waals surface area contributed by atoms with E-state index in [9.17, 15) is 9.59 Å². The van der Waals surface area contributed by atoms with Crippen molar-refractivity contribution in [2.75, 3.05) is 39.4 Å². The Morgan fingerprint density at radius 1 is 0.710 bits per heavy atom. The summed E-state index contributed by atoms with van der Waals surface area (Å²) in [6, 6.07) is 20.0. The van der Waals surface area contributed by atoms with E-state index in [0.29, 0.717) is 58.7 Å². The predicted octanol–water partition coefficient (Wildman–Crippen LogP) is 3.36. The molecule has 31 heavy (non-hydrogen) atoms. The number of rotatable bonds is 6. The molecular formula is C25H30N2O4. The summed E-state index contributed by atoms with van der Waals surface area (Å²) in [5.74, 6) is 0.197. The second-order valence-corrected chi connectivity index (χ2v) is 8.07. The SMILES string of the molecule is O=C(CCCC(=O)N1CCOC(c2ccccc2)C1)N1CCOC(c2ccccc2)C1. The Morgan fingerprint density at radius 2 is 1.13 bits per heavy atom. The van der Waals surface area contributed by atoms with Crippen molar-refractivity contribution in [1.82, 2.24) is 9.80 Å². The van der Waals surface area contributed by atoms with Crippen LogP contribution in [-0.4, -0.2) is 61.0 Å². The van der Waals surface area contributed by atoms with Gasteiger partial charge < -0.3 is 19.3 Å². The molecule has 2 atom stereocenters. The van der Waals surface area contributed by atoms with E-state index in [-0.39, 0.29) is 24.0 Å². The van der Waals surface area contributed by atoms with Crippen molar-refractivity contribution in [2.24, 2.45) is 0 Å². The number of nitrogens with zero attached hydrogens (tertiary/aromatic N) is 2. The molecule has 2 unspecified atom stereocenters. The van der Waals surface area contributed by atoms with Gasteiger partial charge in [0, 0.05) is 25.9 Å². The molecule has 2 aliphatic rings. The van der Waals surface area contributed by atoms with Gasteiger partial charge in [0.15, 0.2) is 0 Å². The summed E-state index contributed by atoms with van der Waals surface area (Å²) in [4.78, 5) is 29.1. The molecule has 2 saturated heterocycles. The molecule has 2 aromatic carbocycles. The summed E-state index contributed by atoms with van der Waals surface area (Å²) in [6.07, 6.45) is 1.19. The Bertz CT molecular complexity index is 787. The number of hydrogen-bond donors (Lipinski definition) is 0. The fraction of sp³-hybridized carbons (Fsp3) is 0.440. The van der Waals surface area contributed by atoms with Gasteiger partial charge >= 0.3 is 0 Å². The van der Waals surface area contributed by atoms with Gasteiger partial charge in [-0.1, -0.05) is 60.7 Å². The zero-order chi connectivity index (χ0) is 21.5. The minimum Gasteiger partial charge on any atom is -0.370 e. The number of ether oxygens (including phenoxy) is 2. The van der Waals surface area contributed by atoms with E-state index < -0.39 is 0 Å². The number of morpholine rings is 2. The molecule has 6 nitrogen and oxygen atoms in total. The molecule has 0 radical (unpaired) electrons. The van der Waals surface area contributed by atoms with Gasteiger partial charge in [0.25, 0.3) is 0 Å². The Labute approximate surface area is 183 Å². The molecule has 164 valence electrons. The molecular weight excluding hydrogens is 392 g/mol. The lowest BCUT2D eigenvalue weighted by Crippen LogP contribution is -2.43. The first-order valence-electron chi connectivity index (χ1n) is 11.1. The van der Waals surface area contributed by atoms with Gasteiger partial charge in [0.1, 0.15) is 12.2 Å². The summed E-state index contributed by atoms with van der Waals surface area (Å²) in [5.41, 5.74) is 2.19. The van der Waals surface area contributed by atoms with Crippen molar-refractivity contribution in [2.45, 2.75) is 31.5 Å². The van der Waals surface area contributed by atoms with Crippen LogP contribution in [0.1, 0.15) is 42.6 Å². The smallest absolute Gasteiger partial charge is 0.222 e. The summed E-state index contributed by atoms with van der Waals surface area (Å²) in [7, 11) is 0. The van der Waals surface area contributed by atoms with E-state index in [1.807, 2.05) is 70.5 Å². The van der Waals surface area contributed by atoms with Gasteiger partial charge in [0.2, 0.25) is 11.8 Å². The first kappa shape index (κ1) is 21.5. The molecule has 0 N–H and O–H groups in total. The number of benzene rings is 2. The summed E-state index contributed by atoms with van der Waals surface area (Å²) < 4.78 is 11.7. The maximum Gasteiger partial charge on any atom is 0.222 e. The summed E-state index contributed by atoms with van der Waals surface area (Å²) in [5, 5.41) is 0. The first-order chi connectivity index (χ1) is 15.2. The second-order valence-electron chi connectivity index (χ2n) is 8.07. The molecule has 6 heteroatoms. The molecule has 0 bridgehead atoms. The van der Waals surface area contributed by atoms with Crippen LogP contribution < -0.4 is 0 Å². The number of hydrogen-bond acceptors (Lipinski definition) is 4. The maximum absolute atomic E-state index is 12.7. The van der Waals surface area contributed by atoms with Crippen LogP contribution in [-0.2, 0) is 19.1 Å². The monoisotopic (exact) mass is 422 g/mol. The van der Waals surface area contributed by atoms with E-state index in [2.05, 4.69) is 0 Å². The summed E-state index contributed by atoms with van der Waals surface area (Å²) in [6.45, 7) is 3.44. The topological polar surface area (TPSA) is 59.1 Å². The molecule has 2 heterocycles. The van der Waals surface area contributed by atoms with E-state index in [0.717, 1.165) is 11.1 Å². The van der Waals surface area contributed by atoms with Crippen LogP contribution in [0.2, 0.25) is 0 Å². The molecule has 2 fully saturated rings. The van der Waals surface area contributed by atoms with Crippen LogP contribution in [0.25, 0.3) is 0 Å². The van der Waals surface area contributed by atoms with E-state index >= 15 is 0 Å². The third-order valence-corrected chi connectivity index (χ3v) is 5.96. The average molecular weight is 423 g/mol. The van der Waals surface area contributed by atoms with Crippen LogP contribution in [0, 0.1) is 0 Å². The third kappa shape index (κ3) is 5.71. The molecule has 0 spiro atoms. The predicted molar refractivity (Wildman–Crippen MR) is 117 cm³/mol. The molecule has 4 rings (SSSR count). The van der Waals surface area contributed by atoms with Crippen molar-refractivity contribution in [1.29, 1.82) is 0 Å². The first-order valence-corrected chi connectivity index (χ1v) is 11.1. The van der Waals surface area contributed by atoms with Gasteiger partial charge in [0.05, 0.1) is 26.3 Å². The minimum absolute atomic E-state index is 0.0798. The molecule has 2 aromatic rings.